The maximum atomic E-state index is 12.6. The first-order chi connectivity index (χ1) is 16.5. The number of furan rings is 1. The molecule has 2 aromatic carbocycles. The summed E-state index contributed by atoms with van der Waals surface area (Å²) in [6.45, 7) is 5.18. The summed E-state index contributed by atoms with van der Waals surface area (Å²) in [4.78, 5) is 36.7. The molecule has 0 bridgehead atoms. The van der Waals surface area contributed by atoms with Gasteiger partial charge in [0.2, 0.25) is 0 Å². The van der Waals surface area contributed by atoms with Crippen molar-refractivity contribution >= 4 is 23.4 Å². The van der Waals surface area contributed by atoms with Crippen LogP contribution in [0.2, 0.25) is 0 Å². The van der Waals surface area contributed by atoms with Crippen LogP contribution in [-0.4, -0.2) is 44.0 Å². The smallest absolute Gasteiger partial charge is 0.287 e. The van der Waals surface area contributed by atoms with Crippen LogP contribution in [0.1, 0.15) is 45.1 Å². The highest BCUT2D eigenvalue weighted by atomic mass is 16.5. The van der Waals surface area contributed by atoms with Crippen LogP contribution in [-0.2, 0) is 0 Å². The molecule has 3 aromatic rings. The normalized spacial score (nSPS) is 10.3. The lowest BCUT2D eigenvalue weighted by molar-refractivity contribution is 0.0910. The van der Waals surface area contributed by atoms with E-state index in [1.165, 1.54) is 6.26 Å². The lowest BCUT2D eigenvalue weighted by atomic mass is 10.1. The first-order valence-electron chi connectivity index (χ1n) is 10.9. The molecule has 1 aromatic heterocycles. The summed E-state index contributed by atoms with van der Waals surface area (Å²) < 4.78 is 16.1. The first-order valence-corrected chi connectivity index (χ1v) is 10.9. The lowest BCUT2D eigenvalue weighted by Gasteiger charge is -2.12. The van der Waals surface area contributed by atoms with Gasteiger partial charge in [-0.15, -0.1) is 0 Å². The third kappa shape index (κ3) is 6.61. The molecule has 0 unspecified atom stereocenters. The van der Waals surface area contributed by atoms with E-state index in [1.54, 1.807) is 54.6 Å². The fraction of sp³-hybridized carbons (Fsp3) is 0.240. The monoisotopic (exact) mass is 465 g/mol. The minimum absolute atomic E-state index is 0.211. The molecule has 3 amide bonds. The highest BCUT2D eigenvalue weighted by Gasteiger charge is 2.13. The Bertz CT molecular complexity index is 1110. The second-order valence-corrected chi connectivity index (χ2v) is 7.05. The standard InChI is InChI=1S/C25H27N3O6/c1-3-32-20-12-9-18(16-22(20)33-4-2)24(30)28-19-10-7-17(8-11-19)23(29)26-13-14-27-25(31)21-6-5-15-34-21/h5-12,15-16H,3-4,13-14H2,1-2H3,(H,26,29)(H,27,31)(H,28,30). The number of hydrogen-bond acceptors (Lipinski definition) is 6. The van der Waals surface area contributed by atoms with Gasteiger partial charge in [-0.25, -0.2) is 0 Å². The van der Waals surface area contributed by atoms with E-state index in [9.17, 15) is 14.4 Å². The van der Waals surface area contributed by atoms with E-state index in [2.05, 4.69) is 16.0 Å². The molecule has 9 heteroatoms. The van der Waals surface area contributed by atoms with Crippen molar-refractivity contribution in [2.45, 2.75) is 13.8 Å². The molecule has 1 heterocycles. The summed E-state index contributed by atoms with van der Waals surface area (Å²) >= 11 is 0. The van der Waals surface area contributed by atoms with E-state index < -0.39 is 0 Å². The van der Waals surface area contributed by atoms with Gasteiger partial charge in [-0.05, 0) is 68.4 Å². The number of anilines is 1. The molecule has 0 atom stereocenters. The van der Waals surface area contributed by atoms with Gasteiger partial charge in [0.1, 0.15) is 0 Å². The molecule has 3 rings (SSSR count). The highest BCUT2D eigenvalue weighted by Crippen LogP contribution is 2.29. The molecule has 0 fully saturated rings. The Kier molecular flexibility index (Phi) is 8.67. The largest absolute Gasteiger partial charge is 0.490 e. The number of nitrogens with one attached hydrogen (secondary N) is 3. The number of carbonyl (C=O) groups excluding carboxylic acids is 3. The van der Waals surface area contributed by atoms with Crippen LogP contribution in [0.3, 0.4) is 0 Å². The Morgan fingerprint density at radius 1 is 0.765 bits per heavy atom. The van der Waals surface area contributed by atoms with Gasteiger partial charge in [-0.3, -0.25) is 14.4 Å². The predicted octanol–water partition coefficient (Wildman–Crippen LogP) is 3.49. The Balaban J connectivity index is 1.50. The van der Waals surface area contributed by atoms with Gasteiger partial charge in [0, 0.05) is 29.9 Å². The maximum absolute atomic E-state index is 12.6. The van der Waals surface area contributed by atoms with Gasteiger partial charge >= 0.3 is 0 Å². The van der Waals surface area contributed by atoms with Crippen molar-refractivity contribution < 1.29 is 28.3 Å². The van der Waals surface area contributed by atoms with Crippen molar-refractivity contribution in [3.05, 3.63) is 77.7 Å². The van der Waals surface area contributed by atoms with E-state index in [4.69, 9.17) is 13.9 Å². The lowest BCUT2D eigenvalue weighted by Crippen LogP contribution is -2.34. The molecule has 0 spiro atoms. The van der Waals surface area contributed by atoms with Gasteiger partial charge in [-0.2, -0.15) is 0 Å². The van der Waals surface area contributed by atoms with E-state index in [0.717, 1.165) is 0 Å². The second kappa shape index (κ2) is 12.1. The Morgan fingerprint density at radius 2 is 1.41 bits per heavy atom. The Morgan fingerprint density at radius 3 is 2.06 bits per heavy atom. The van der Waals surface area contributed by atoms with Crippen LogP contribution in [0.15, 0.2) is 65.3 Å². The van der Waals surface area contributed by atoms with Crippen molar-refractivity contribution in [1.82, 2.24) is 10.6 Å². The summed E-state index contributed by atoms with van der Waals surface area (Å²) in [5.74, 6) is 0.344. The number of carbonyl (C=O) groups is 3. The number of benzene rings is 2. The number of amides is 3. The van der Waals surface area contributed by atoms with Gasteiger partial charge < -0.3 is 29.8 Å². The van der Waals surface area contributed by atoms with Crippen molar-refractivity contribution in [1.29, 1.82) is 0 Å². The van der Waals surface area contributed by atoms with Crippen molar-refractivity contribution in [3.8, 4) is 11.5 Å². The molecule has 0 saturated carbocycles. The van der Waals surface area contributed by atoms with Crippen molar-refractivity contribution in [2.75, 3.05) is 31.6 Å². The summed E-state index contributed by atoms with van der Waals surface area (Å²) in [6.07, 6.45) is 1.42. The zero-order chi connectivity index (χ0) is 24.3. The average molecular weight is 466 g/mol. The summed E-state index contributed by atoms with van der Waals surface area (Å²) in [5, 5.41) is 8.17. The molecule has 34 heavy (non-hydrogen) atoms. The quantitative estimate of drug-likeness (QED) is 0.373. The molecule has 0 saturated heterocycles. The van der Waals surface area contributed by atoms with Gasteiger partial charge in [0.15, 0.2) is 17.3 Å². The zero-order valence-electron chi connectivity index (χ0n) is 19.1. The van der Waals surface area contributed by atoms with Crippen LogP contribution in [0.5, 0.6) is 11.5 Å². The van der Waals surface area contributed by atoms with Crippen LogP contribution in [0.4, 0.5) is 5.69 Å². The maximum Gasteiger partial charge on any atom is 0.287 e. The predicted molar refractivity (Wildman–Crippen MR) is 127 cm³/mol. The molecule has 0 aliphatic heterocycles. The minimum atomic E-state index is -0.347. The molecule has 0 aliphatic carbocycles. The zero-order valence-corrected chi connectivity index (χ0v) is 19.1. The summed E-state index contributed by atoms with van der Waals surface area (Å²) in [5.41, 5.74) is 1.39. The first kappa shape index (κ1) is 24.4. The molecule has 9 nitrogen and oxygen atoms in total. The van der Waals surface area contributed by atoms with Crippen LogP contribution >= 0.6 is 0 Å². The van der Waals surface area contributed by atoms with Crippen molar-refractivity contribution in [3.63, 3.8) is 0 Å². The minimum Gasteiger partial charge on any atom is -0.490 e. The van der Waals surface area contributed by atoms with E-state index in [0.29, 0.717) is 41.5 Å². The van der Waals surface area contributed by atoms with Crippen molar-refractivity contribution in [2.24, 2.45) is 0 Å². The Labute approximate surface area is 197 Å². The van der Waals surface area contributed by atoms with Crippen LogP contribution in [0.25, 0.3) is 0 Å². The number of hydrogen-bond donors (Lipinski definition) is 3. The van der Waals surface area contributed by atoms with Crippen LogP contribution in [0, 0.1) is 0 Å². The number of ether oxygens (including phenoxy) is 2. The topological polar surface area (TPSA) is 119 Å². The average Bonchev–Trinajstić information content (AvgIpc) is 3.38. The summed E-state index contributed by atoms with van der Waals surface area (Å²) in [6, 6.07) is 14.7. The fourth-order valence-electron chi connectivity index (χ4n) is 3.05. The molecule has 0 aliphatic rings. The molecular weight excluding hydrogens is 438 g/mol. The van der Waals surface area contributed by atoms with Gasteiger partial charge in [0.05, 0.1) is 19.5 Å². The van der Waals surface area contributed by atoms with E-state index in [1.807, 2.05) is 13.8 Å². The second-order valence-electron chi connectivity index (χ2n) is 7.05. The number of rotatable bonds is 11. The molecule has 0 radical (unpaired) electrons. The van der Waals surface area contributed by atoms with Crippen LogP contribution < -0.4 is 25.4 Å². The highest BCUT2D eigenvalue weighted by molar-refractivity contribution is 6.05. The van der Waals surface area contributed by atoms with E-state index in [-0.39, 0.29) is 36.6 Å². The third-order valence-electron chi connectivity index (χ3n) is 4.65. The molecule has 3 N–H and O–H groups in total. The van der Waals surface area contributed by atoms with E-state index >= 15 is 0 Å². The molecule has 178 valence electrons. The summed E-state index contributed by atoms with van der Waals surface area (Å²) in [7, 11) is 0. The van der Waals surface area contributed by atoms with Gasteiger partial charge in [0.25, 0.3) is 17.7 Å². The SMILES string of the molecule is CCOc1ccc(C(=O)Nc2ccc(C(=O)NCCNC(=O)c3ccco3)cc2)cc1OCC. The molecular formula is C25H27N3O6. The third-order valence-corrected chi connectivity index (χ3v) is 4.65. The fourth-order valence-corrected chi connectivity index (χ4v) is 3.05. The Hall–Kier alpha value is -4.27. The van der Waals surface area contributed by atoms with Gasteiger partial charge in [-0.1, -0.05) is 0 Å².